The van der Waals surface area contributed by atoms with Gasteiger partial charge in [-0.25, -0.2) is 0 Å². The van der Waals surface area contributed by atoms with Gasteiger partial charge in [0.2, 0.25) is 5.82 Å². The maximum atomic E-state index is 13.2. The van der Waals surface area contributed by atoms with Gasteiger partial charge in [0.1, 0.15) is 0 Å². The lowest BCUT2D eigenvalue weighted by Gasteiger charge is -2.06. The molecule has 114 valence electrons. The molecule has 0 atom stereocenters. The Morgan fingerprint density at radius 1 is 1.27 bits per heavy atom. The zero-order valence-electron chi connectivity index (χ0n) is 11.7. The number of rotatable bonds is 5. The lowest BCUT2D eigenvalue weighted by Crippen LogP contribution is -2.12. The van der Waals surface area contributed by atoms with Crippen molar-refractivity contribution in [1.82, 2.24) is 0 Å². The predicted molar refractivity (Wildman–Crippen MR) is 78.2 cm³/mol. The van der Waals surface area contributed by atoms with Crippen molar-refractivity contribution in [3.63, 3.8) is 0 Å². The highest BCUT2D eigenvalue weighted by Crippen LogP contribution is 2.22. The molecule has 0 saturated heterocycles. The molecule has 0 aliphatic carbocycles. The van der Waals surface area contributed by atoms with E-state index in [-0.39, 0.29) is 5.69 Å². The summed E-state index contributed by atoms with van der Waals surface area (Å²) in [5.41, 5.74) is 0.760. The smallest absolute Gasteiger partial charge is 0.306 e. The second-order valence-corrected chi connectivity index (χ2v) is 4.51. The van der Waals surface area contributed by atoms with Crippen LogP contribution in [0.4, 0.5) is 15.8 Å². The second-order valence-electron chi connectivity index (χ2n) is 4.51. The van der Waals surface area contributed by atoms with Gasteiger partial charge in [-0.05, 0) is 29.8 Å². The Morgan fingerprint density at radius 3 is 2.55 bits per heavy atom. The van der Waals surface area contributed by atoms with Gasteiger partial charge in [0.15, 0.2) is 0 Å². The molecule has 0 aliphatic heterocycles. The zero-order chi connectivity index (χ0) is 16.1. The molecule has 0 spiro atoms. The van der Waals surface area contributed by atoms with Crippen LogP contribution in [0, 0.1) is 15.9 Å². The Hall–Kier alpha value is -2.80. The van der Waals surface area contributed by atoms with Crippen LogP contribution < -0.4 is 5.32 Å². The molecule has 6 nitrogen and oxygen atoms in total. The Morgan fingerprint density at radius 2 is 1.95 bits per heavy atom. The van der Waals surface area contributed by atoms with Crippen LogP contribution in [-0.4, -0.2) is 17.9 Å². The summed E-state index contributed by atoms with van der Waals surface area (Å²) in [6.07, 6.45) is 0. The molecule has 0 aliphatic rings. The van der Waals surface area contributed by atoms with Crippen molar-refractivity contribution >= 4 is 17.3 Å². The van der Waals surface area contributed by atoms with E-state index in [2.05, 4.69) is 5.32 Å². The summed E-state index contributed by atoms with van der Waals surface area (Å²) >= 11 is 0. The summed E-state index contributed by atoms with van der Waals surface area (Å²) in [5, 5.41) is 13.2. The molecule has 1 amide bonds. The lowest BCUT2D eigenvalue weighted by atomic mass is 10.1. The third-order valence-electron chi connectivity index (χ3n) is 2.93. The molecule has 0 bridgehead atoms. The van der Waals surface area contributed by atoms with Crippen molar-refractivity contribution in [2.45, 2.75) is 6.61 Å². The fourth-order valence-electron chi connectivity index (χ4n) is 1.85. The molecule has 0 heterocycles. The van der Waals surface area contributed by atoms with Crippen LogP contribution in [0.3, 0.4) is 0 Å². The van der Waals surface area contributed by atoms with E-state index in [1.807, 2.05) is 0 Å². The largest absolute Gasteiger partial charge is 0.380 e. The number of carbonyl (C=O) groups excluding carboxylic acids is 1. The average molecular weight is 304 g/mol. The molecular formula is C15H13FN2O4. The normalized spacial score (nSPS) is 10.3. The van der Waals surface area contributed by atoms with Gasteiger partial charge in [-0.15, -0.1) is 0 Å². The van der Waals surface area contributed by atoms with Crippen LogP contribution in [0.25, 0.3) is 0 Å². The number of nitro benzene ring substituents is 1. The molecule has 7 heteroatoms. The minimum absolute atomic E-state index is 0.152. The number of hydrogen-bond donors (Lipinski definition) is 1. The molecule has 0 unspecified atom stereocenters. The predicted octanol–water partition coefficient (Wildman–Crippen LogP) is 3.13. The molecule has 2 aromatic carbocycles. The maximum Gasteiger partial charge on any atom is 0.306 e. The van der Waals surface area contributed by atoms with Gasteiger partial charge in [0.25, 0.3) is 5.91 Å². The number of nitro groups is 1. The van der Waals surface area contributed by atoms with Gasteiger partial charge < -0.3 is 10.1 Å². The first kappa shape index (κ1) is 15.6. The van der Waals surface area contributed by atoms with Gasteiger partial charge in [0, 0.05) is 24.4 Å². The Balaban J connectivity index is 2.14. The molecule has 0 saturated carbocycles. The summed E-state index contributed by atoms with van der Waals surface area (Å²) in [4.78, 5) is 21.9. The minimum Gasteiger partial charge on any atom is -0.380 e. The van der Waals surface area contributed by atoms with E-state index >= 15 is 0 Å². The second kappa shape index (κ2) is 6.77. The summed E-state index contributed by atoms with van der Waals surface area (Å²) in [6, 6.07) is 9.89. The van der Waals surface area contributed by atoms with Gasteiger partial charge in [-0.1, -0.05) is 12.1 Å². The van der Waals surface area contributed by atoms with Crippen LogP contribution in [0.15, 0.2) is 42.5 Å². The fraction of sp³-hybridized carbons (Fsp3) is 0.133. The number of carbonyl (C=O) groups is 1. The zero-order valence-corrected chi connectivity index (χ0v) is 11.7. The maximum absolute atomic E-state index is 13.2. The van der Waals surface area contributed by atoms with Crippen molar-refractivity contribution in [2.75, 3.05) is 12.4 Å². The van der Waals surface area contributed by atoms with Gasteiger partial charge in [-0.3, -0.25) is 14.9 Å². The third kappa shape index (κ3) is 3.64. The van der Waals surface area contributed by atoms with E-state index in [1.54, 1.807) is 31.4 Å². The van der Waals surface area contributed by atoms with E-state index < -0.39 is 22.3 Å². The first-order chi connectivity index (χ1) is 10.5. The van der Waals surface area contributed by atoms with Crippen molar-refractivity contribution in [1.29, 1.82) is 0 Å². The average Bonchev–Trinajstić information content (AvgIpc) is 2.50. The number of amides is 1. The van der Waals surface area contributed by atoms with Crippen molar-refractivity contribution in [3.8, 4) is 0 Å². The van der Waals surface area contributed by atoms with E-state index in [1.165, 1.54) is 6.07 Å². The molecule has 0 fully saturated rings. The summed E-state index contributed by atoms with van der Waals surface area (Å²) in [6.45, 7) is 0.437. The SMILES string of the molecule is COCc1ccc(C(=O)Nc2ccc(F)c([N+](=O)[O-])c2)cc1. The Labute approximate surface area is 125 Å². The van der Waals surface area contributed by atoms with Crippen LogP contribution in [0.5, 0.6) is 0 Å². The Kier molecular flexibility index (Phi) is 4.80. The van der Waals surface area contributed by atoms with E-state index in [0.29, 0.717) is 12.2 Å². The van der Waals surface area contributed by atoms with Crippen molar-refractivity contribution < 1.29 is 18.8 Å². The first-order valence-corrected chi connectivity index (χ1v) is 6.34. The fourth-order valence-corrected chi connectivity index (χ4v) is 1.85. The number of benzene rings is 2. The van der Waals surface area contributed by atoms with E-state index in [0.717, 1.165) is 17.7 Å². The summed E-state index contributed by atoms with van der Waals surface area (Å²) in [7, 11) is 1.57. The molecule has 2 aromatic rings. The molecule has 0 aromatic heterocycles. The Bertz CT molecular complexity index is 701. The van der Waals surface area contributed by atoms with Crippen molar-refractivity contribution in [2.24, 2.45) is 0 Å². The monoisotopic (exact) mass is 304 g/mol. The van der Waals surface area contributed by atoms with Crippen molar-refractivity contribution in [3.05, 3.63) is 69.5 Å². The molecule has 1 N–H and O–H groups in total. The van der Waals surface area contributed by atoms with E-state index in [4.69, 9.17) is 4.74 Å². The first-order valence-electron chi connectivity index (χ1n) is 6.34. The highest BCUT2D eigenvalue weighted by molar-refractivity contribution is 6.04. The van der Waals surface area contributed by atoms with Gasteiger partial charge in [0.05, 0.1) is 11.5 Å². The van der Waals surface area contributed by atoms with Gasteiger partial charge in [-0.2, -0.15) is 4.39 Å². The summed E-state index contributed by atoms with van der Waals surface area (Å²) < 4.78 is 18.2. The topological polar surface area (TPSA) is 81.5 Å². The number of anilines is 1. The standard InChI is InChI=1S/C15H13FN2O4/c1-22-9-10-2-4-11(5-3-10)15(19)17-12-6-7-13(16)14(8-12)18(20)21/h2-8H,9H2,1H3,(H,17,19). The number of nitrogens with one attached hydrogen (secondary N) is 1. The number of hydrogen-bond acceptors (Lipinski definition) is 4. The highest BCUT2D eigenvalue weighted by atomic mass is 19.1. The van der Waals surface area contributed by atoms with Crippen LogP contribution in [-0.2, 0) is 11.3 Å². The lowest BCUT2D eigenvalue weighted by molar-refractivity contribution is -0.387. The number of ether oxygens (including phenoxy) is 1. The van der Waals surface area contributed by atoms with E-state index in [9.17, 15) is 19.3 Å². The number of halogens is 1. The third-order valence-corrected chi connectivity index (χ3v) is 2.93. The highest BCUT2D eigenvalue weighted by Gasteiger charge is 2.15. The summed E-state index contributed by atoms with van der Waals surface area (Å²) in [5.74, 6) is -1.39. The molecule has 0 radical (unpaired) electrons. The quantitative estimate of drug-likeness (QED) is 0.679. The molecule has 22 heavy (non-hydrogen) atoms. The molecule has 2 rings (SSSR count). The van der Waals surface area contributed by atoms with Crippen LogP contribution >= 0.6 is 0 Å². The molecular weight excluding hydrogens is 291 g/mol. The minimum atomic E-state index is -0.952. The van der Waals surface area contributed by atoms with Gasteiger partial charge >= 0.3 is 5.69 Å². The van der Waals surface area contributed by atoms with Crippen LogP contribution in [0.1, 0.15) is 15.9 Å². The number of nitrogens with zero attached hydrogens (tertiary/aromatic N) is 1. The van der Waals surface area contributed by atoms with Crippen LogP contribution in [0.2, 0.25) is 0 Å². The number of methoxy groups -OCH3 is 1.